The first kappa shape index (κ1) is 9.83. The fraction of sp³-hybridized carbons (Fsp3) is 0.0909. The van der Waals surface area contributed by atoms with Gasteiger partial charge in [-0.25, -0.2) is 14.4 Å². The van der Waals surface area contributed by atoms with Crippen LogP contribution in [0.5, 0.6) is 0 Å². The van der Waals surface area contributed by atoms with E-state index in [1.54, 1.807) is 18.6 Å². The van der Waals surface area contributed by atoms with Gasteiger partial charge in [0.25, 0.3) is 0 Å². The van der Waals surface area contributed by atoms with Crippen LogP contribution in [-0.4, -0.2) is 19.9 Å². The lowest BCUT2D eigenvalue weighted by atomic mass is 10.3. The monoisotopic (exact) mass is 231 g/mol. The highest BCUT2D eigenvalue weighted by Gasteiger charge is 2.03. The number of fused-ring (bicyclic) bond motifs is 1. The van der Waals surface area contributed by atoms with Crippen LogP contribution in [0, 0.1) is 5.82 Å². The predicted molar refractivity (Wildman–Crippen MR) is 62.0 cm³/mol. The van der Waals surface area contributed by atoms with E-state index in [0.717, 1.165) is 11.2 Å². The zero-order valence-corrected chi connectivity index (χ0v) is 8.87. The fourth-order valence-electron chi connectivity index (χ4n) is 1.63. The van der Waals surface area contributed by atoms with Gasteiger partial charge in [0.2, 0.25) is 5.95 Å². The molecule has 0 saturated carbocycles. The van der Waals surface area contributed by atoms with E-state index in [1.165, 1.54) is 12.1 Å². The molecule has 6 heteroatoms. The van der Waals surface area contributed by atoms with Crippen molar-refractivity contribution >= 4 is 17.0 Å². The molecule has 0 radical (unpaired) electrons. The van der Waals surface area contributed by atoms with E-state index >= 15 is 0 Å². The van der Waals surface area contributed by atoms with Gasteiger partial charge in [-0.05, 0) is 18.2 Å². The van der Waals surface area contributed by atoms with E-state index in [9.17, 15) is 4.39 Å². The number of benzene rings is 1. The second kappa shape index (κ2) is 3.89. The lowest BCUT2D eigenvalue weighted by Crippen LogP contribution is -2.00. The number of nitrogens with one attached hydrogen (secondary N) is 3. The van der Waals surface area contributed by atoms with Gasteiger partial charge in [0.05, 0.1) is 29.6 Å². The molecular weight excluding hydrogens is 221 g/mol. The van der Waals surface area contributed by atoms with Crippen molar-refractivity contribution in [3.05, 3.63) is 42.2 Å². The van der Waals surface area contributed by atoms with Gasteiger partial charge < -0.3 is 15.3 Å². The Morgan fingerprint density at radius 1 is 1.35 bits per heavy atom. The van der Waals surface area contributed by atoms with Crippen molar-refractivity contribution in [1.29, 1.82) is 0 Å². The summed E-state index contributed by atoms with van der Waals surface area (Å²) in [7, 11) is 0. The summed E-state index contributed by atoms with van der Waals surface area (Å²) in [6.45, 7) is 0.586. The minimum Gasteiger partial charge on any atom is -0.350 e. The molecule has 1 aromatic carbocycles. The van der Waals surface area contributed by atoms with E-state index in [1.807, 2.05) is 0 Å². The highest BCUT2D eigenvalue weighted by atomic mass is 19.1. The van der Waals surface area contributed by atoms with Gasteiger partial charge in [-0.15, -0.1) is 0 Å². The van der Waals surface area contributed by atoms with Crippen LogP contribution in [-0.2, 0) is 6.54 Å². The molecule has 5 nitrogen and oxygen atoms in total. The molecule has 0 aliphatic carbocycles. The molecule has 3 aromatic rings. The third kappa shape index (κ3) is 1.96. The third-order valence-electron chi connectivity index (χ3n) is 2.45. The van der Waals surface area contributed by atoms with Crippen molar-refractivity contribution in [1.82, 2.24) is 19.9 Å². The molecular formula is C11H10FN5. The maximum Gasteiger partial charge on any atom is 0.201 e. The number of rotatable bonds is 3. The Balaban J connectivity index is 1.81. The van der Waals surface area contributed by atoms with Gasteiger partial charge in [0.1, 0.15) is 5.82 Å². The summed E-state index contributed by atoms with van der Waals surface area (Å²) in [6, 6.07) is 4.45. The summed E-state index contributed by atoms with van der Waals surface area (Å²) in [5, 5.41) is 3.10. The molecule has 3 N–H and O–H groups in total. The van der Waals surface area contributed by atoms with Crippen LogP contribution in [0.3, 0.4) is 0 Å². The van der Waals surface area contributed by atoms with Crippen molar-refractivity contribution < 1.29 is 4.39 Å². The van der Waals surface area contributed by atoms with Crippen molar-refractivity contribution in [3.63, 3.8) is 0 Å². The number of hydrogen-bond acceptors (Lipinski definition) is 3. The minimum absolute atomic E-state index is 0.277. The minimum atomic E-state index is -0.277. The van der Waals surface area contributed by atoms with Gasteiger partial charge in [0.15, 0.2) is 0 Å². The molecule has 0 atom stereocenters. The molecule has 2 aromatic heterocycles. The number of aromatic amines is 2. The molecule has 0 spiro atoms. The number of hydrogen-bond donors (Lipinski definition) is 3. The first-order valence-electron chi connectivity index (χ1n) is 5.18. The summed E-state index contributed by atoms with van der Waals surface area (Å²) in [4.78, 5) is 14.2. The first-order valence-corrected chi connectivity index (χ1v) is 5.18. The Labute approximate surface area is 96.1 Å². The largest absolute Gasteiger partial charge is 0.350 e. The van der Waals surface area contributed by atoms with Crippen molar-refractivity contribution in [2.24, 2.45) is 0 Å². The molecule has 0 amide bonds. The van der Waals surface area contributed by atoms with E-state index in [4.69, 9.17) is 0 Å². The predicted octanol–water partition coefficient (Wildman–Crippen LogP) is 2.04. The zero-order valence-electron chi connectivity index (χ0n) is 8.87. The standard InChI is InChI=1S/C11H10FN5/c12-7-1-2-9-10(3-7)17-11(16-9)14-5-8-4-13-6-15-8/h1-4,6H,5H2,(H,13,15)(H2,14,16,17). The number of anilines is 1. The summed E-state index contributed by atoms with van der Waals surface area (Å²) in [5.41, 5.74) is 2.37. The molecule has 0 fully saturated rings. The second-order valence-electron chi connectivity index (χ2n) is 3.68. The third-order valence-corrected chi connectivity index (χ3v) is 2.45. The van der Waals surface area contributed by atoms with E-state index in [-0.39, 0.29) is 5.82 Å². The average molecular weight is 231 g/mol. The number of H-pyrrole nitrogens is 2. The van der Waals surface area contributed by atoms with Gasteiger partial charge in [-0.1, -0.05) is 0 Å². The maximum atomic E-state index is 13.0. The fourth-order valence-corrected chi connectivity index (χ4v) is 1.63. The summed E-state index contributed by atoms with van der Waals surface area (Å²) in [5.74, 6) is 0.335. The van der Waals surface area contributed by atoms with Crippen molar-refractivity contribution in [3.8, 4) is 0 Å². The molecule has 3 rings (SSSR count). The molecule has 2 heterocycles. The lowest BCUT2D eigenvalue weighted by molar-refractivity contribution is 0.629. The van der Waals surface area contributed by atoms with Crippen LogP contribution in [0.15, 0.2) is 30.7 Å². The maximum absolute atomic E-state index is 13.0. The second-order valence-corrected chi connectivity index (χ2v) is 3.68. The Bertz CT molecular complexity index is 628. The van der Waals surface area contributed by atoms with Gasteiger partial charge in [0, 0.05) is 6.20 Å². The quantitative estimate of drug-likeness (QED) is 0.646. The van der Waals surface area contributed by atoms with Gasteiger partial charge in [-0.3, -0.25) is 0 Å². The van der Waals surface area contributed by atoms with Crippen LogP contribution in [0.25, 0.3) is 11.0 Å². The molecule has 0 bridgehead atoms. The van der Waals surface area contributed by atoms with Crippen LogP contribution in [0.2, 0.25) is 0 Å². The van der Waals surface area contributed by atoms with Crippen LogP contribution in [0.1, 0.15) is 5.69 Å². The Morgan fingerprint density at radius 3 is 3.12 bits per heavy atom. The molecule has 0 aliphatic rings. The lowest BCUT2D eigenvalue weighted by Gasteiger charge is -1.98. The smallest absolute Gasteiger partial charge is 0.201 e. The van der Waals surface area contributed by atoms with Crippen molar-refractivity contribution in [2.45, 2.75) is 6.54 Å². The number of aromatic nitrogens is 4. The summed E-state index contributed by atoms with van der Waals surface area (Å²) in [6.07, 6.45) is 3.35. The zero-order chi connectivity index (χ0) is 11.7. The highest BCUT2D eigenvalue weighted by molar-refractivity contribution is 5.77. The first-order chi connectivity index (χ1) is 8.31. The van der Waals surface area contributed by atoms with Gasteiger partial charge >= 0.3 is 0 Å². The van der Waals surface area contributed by atoms with Crippen LogP contribution >= 0.6 is 0 Å². The normalized spacial score (nSPS) is 10.9. The highest BCUT2D eigenvalue weighted by Crippen LogP contribution is 2.15. The topological polar surface area (TPSA) is 69.4 Å². The van der Waals surface area contributed by atoms with E-state index < -0.39 is 0 Å². The van der Waals surface area contributed by atoms with Gasteiger partial charge in [-0.2, -0.15) is 0 Å². The molecule has 86 valence electrons. The summed E-state index contributed by atoms with van der Waals surface area (Å²) < 4.78 is 13.0. The number of halogens is 1. The molecule has 0 saturated heterocycles. The number of imidazole rings is 2. The number of nitrogens with zero attached hydrogens (tertiary/aromatic N) is 2. The van der Waals surface area contributed by atoms with Crippen molar-refractivity contribution in [2.75, 3.05) is 5.32 Å². The Hall–Kier alpha value is -2.37. The van der Waals surface area contributed by atoms with E-state index in [2.05, 4.69) is 25.3 Å². The van der Waals surface area contributed by atoms with Crippen LogP contribution < -0.4 is 5.32 Å². The average Bonchev–Trinajstić information content (AvgIpc) is 2.94. The SMILES string of the molecule is Fc1ccc2nc(NCc3cnc[nH]3)[nH]c2c1. The van der Waals surface area contributed by atoms with Crippen LogP contribution in [0.4, 0.5) is 10.3 Å². The van der Waals surface area contributed by atoms with E-state index in [0.29, 0.717) is 18.0 Å². The molecule has 17 heavy (non-hydrogen) atoms. The summed E-state index contributed by atoms with van der Waals surface area (Å²) >= 11 is 0. The Kier molecular flexibility index (Phi) is 2.25. The molecule has 0 unspecified atom stereocenters. The Morgan fingerprint density at radius 2 is 2.29 bits per heavy atom. The molecule has 0 aliphatic heterocycles.